The minimum Gasteiger partial charge on any atom is -0.747 e. The van der Waals surface area contributed by atoms with Crippen LogP contribution in [0, 0.1) is 0 Å². The summed E-state index contributed by atoms with van der Waals surface area (Å²) in [4.78, 5) is 14.4. The van der Waals surface area contributed by atoms with Gasteiger partial charge in [-0.05, 0) is 30.2 Å². The van der Waals surface area contributed by atoms with Crippen molar-refractivity contribution in [2.75, 3.05) is 17.0 Å². The second-order valence-corrected chi connectivity index (χ2v) is 12.5. The molecule has 0 saturated heterocycles. The fraction of sp³-hybridized carbons (Fsp3) is 0.238. The number of furan rings is 1. The zero-order chi connectivity index (χ0) is 26.3. The maximum absolute atomic E-state index is 12.4. The van der Waals surface area contributed by atoms with Crippen LogP contribution < -0.4 is 14.2 Å². The number of benzene rings is 1. The Hall–Kier alpha value is -2.78. The molecule has 0 atom stereocenters. The molecule has 0 saturated carbocycles. The molecule has 3 aromatic rings. The first-order valence-corrected chi connectivity index (χ1v) is 15.0. The molecule has 0 fully saturated rings. The van der Waals surface area contributed by atoms with Gasteiger partial charge in [-0.3, -0.25) is 4.79 Å². The Labute approximate surface area is 216 Å². The second kappa shape index (κ2) is 9.94. The summed E-state index contributed by atoms with van der Waals surface area (Å²) in [6.07, 6.45) is 7.52. The van der Waals surface area contributed by atoms with Crippen molar-refractivity contribution in [2.45, 2.75) is 24.8 Å². The number of thioether (sulfide) groups is 1. The average Bonchev–Trinajstić information content (AvgIpc) is 3.41. The molecule has 0 spiro atoms. The molecule has 1 N–H and O–H groups in total. The summed E-state index contributed by atoms with van der Waals surface area (Å²) in [6.45, 7) is 1.49. The van der Waals surface area contributed by atoms with E-state index >= 15 is 0 Å². The van der Waals surface area contributed by atoms with Crippen LogP contribution in [0.2, 0.25) is 5.02 Å². The smallest absolute Gasteiger partial charge is 0.374 e. The molecule has 192 valence electrons. The van der Waals surface area contributed by atoms with Gasteiger partial charge in [-0.15, -0.1) is 4.57 Å². The van der Waals surface area contributed by atoms with E-state index in [0.29, 0.717) is 43.7 Å². The number of carbonyl (C=O) groups is 1. The van der Waals surface area contributed by atoms with Gasteiger partial charge in [-0.1, -0.05) is 30.3 Å². The van der Waals surface area contributed by atoms with Crippen molar-refractivity contribution >= 4 is 72.3 Å². The first-order chi connectivity index (χ1) is 16.8. The molecule has 2 aromatic heterocycles. The summed E-state index contributed by atoms with van der Waals surface area (Å²) in [5.41, 5.74) is 2.02. The largest absolute Gasteiger partial charge is 0.747 e. The van der Waals surface area contributed by atoms with Crippen molar-refractivity contribution < 1.29 is 39.6 Å². The number of amides is 1. The van der Waals surface area contributed by atoms with E-state index < -0.39 is 31.9 Å². The van der Waals surface area contributed by atoms with Gasteiger partial charge >= 0.3 is 5.89 Å². The number of hydrogen-bond acceptors (Lipinski definition) is 10. The summed E-state index contributed by atoms with van der Waals surface area (Å²) in [6, 6.07) is 4.82. The number of carbonyl (C=O) groups excluding carboxylic acids is 1. The number of hydrogen-bond donors (Lipinski definition) is 1. The molecule has 4 rings (SSSR count). The summed E-state index contributed by atoms with van der Waals surface area (Å²) < 4.78 is 72.0. The Morgan fingerprint density at radius 1 is 1.28 bits per heavy atom. The molecule has 0 bridgehead atoms. The highest BCUT2D eigenvalue weighted by Gasteiger charge is 2.29. The average molecular weight is 574 g/mol. The minimum absolute atomic E-state index is 0.234. The van der Waals surface area contributed by atoms with Crippen LogP contribution in [0.25, 0.3) is 17.2 Å². The number of sulfonamides is 1. The molecular formula is C21H20ClN3O8S3. The summed E-state index contributed by atoms with van der Waals surface area (Å²) in [5.74, 6) is -1.32. The van der Waals surface area contributed by atoms with Gasteiger partial charge in [0.1, 0.15) is 28.5 Å². The van der Waals surface area contributed by atoms with Crippen LogP contribution >= 0.6 is 23.4 Å². The normalized spacial score (nSPS) is 15.6. The van der Waals surface area contributed by atoms with Gasteiger partial charge in [0.15, 0.2) is 0 Å². The molecule has 15 heteroatoms. The lowest BCUT2D eigenvalue weighted by molar-refractivity contribution is -0.665. The minimum atomic E-state index is -4.59. The molecule has 0 unspecified atom stereocenters. The van der Waals surface area contributed by atoms with E-state index in [1.54, 1.807) is 30.4 Å². The maximum Gasteiger partial charge on any atom is 0.374 e. The lowest BCUT2D eigenvalue weighted by Gasteiger charge is -2.21. The molecule has 1 aliphatic rings. The van der Waals surface area contributed by atoms with E-state index in [9.17, 15) is 26.2 Å². The molecular weight excluding hydrogens is 554 g/mol. The number of aromatic nitrogens is 1. The Morgan fingerprint density at radius 2 is 2.03 bits per heavy atom. The Balaban J connectivity index is 1.76. The van der Waals surface area contributed by atoms with Gasteiger partial charge < -0.3 is 18.3 Å². The summed E-state index contributed by atoms with van der Waals surface area (Å²) in [7, 11) is -8.36. The number of nitrogens with one attached hydrogen (secondary N) is 1. The third-order valence-corrected chi connectivity index (χ3v) is 7.47. The Kier molecular flexibility index (Phi) is 7.26. The topological polar surface area (TPSA) is 154 Å². The van der Waals surface area contributed by atoms with Gasteiger partial charge in [-0.2, -0.15) is 0 Å². The van der Waals surface area contributed by atoms with Crippen molar-refractivity contribution in [3.63, 3.8) is 0 Å². The lowest BCUT2D eigenvalue weighted by atomic mass is 10.2. The van der Waals surface area contributed by atoms with Crippen LogP contribution in [-0.2, 0) is 31.5 Å². The first-order valence-electron chi connectivity index (χ1n) is 10.3. The third-order valence-electron chi connectivity index (χ3n) is 4.99. The standard InChI is InChI=1S/C21H20ClN3O8S3/c1-3-13(7-21-25(12-36(29,30)31)16-10-32-11-18(16)34-21)6-20-24(9-19(26)23-35(2,27)28)15-8-14(22)4-5-17(15)33-20/h4-8,10-11H,3,9,12H2,1-2H3,(H-,23,26,29,30,31). The number of oxazole rings is 1. The Morgan fingerprint density at radius 3 is 2.69 bits per heavy atom. The highest BCUT2D eigenvalue weighted by Crippen LogP contribution is 2.47. The highest BCUT2D eigenvalue weighted by atomic mass is 35.5. The van der Waals surface area contributed by atoms with Gasteiger partial charge in [-0.25, -0.2) is 21.6 Å². The van der Waals surface area contributed by atoms with Gasteiger partial charge in [0.05, 0.1) is 27.9 Å². The summed E-state index contributed by atoms with van der Waals surface area (Å²) in [5, 5.41) is 0.880. The molecule has 0 aliphatic carbocycles. The van der Waals surface area contributed by atoms with Crippen LogP contribution in [0.5, 0.6) is 0 Å². The molecule has 3 heterocycles. The molecule has 36 heavy (non-hydrogen) atoms. The van der Waals surface area contributed by atoms with E-state index in [2.05, 4.69) is 0 Å². The molecule has 1 aliphatic heterocycles. The SMILES string of the molecule is CCC(/C=C1\Sc2cocc2N1CS(=O)(=O)[O-])=C\c1oc2ccc(Cl)cc2[n+]1CC(=O)NS(C)(=O)=O. The summed E-state index contributed by atoms with van der Waals surface area (Å²) >= 11 is 7.36. The number of anilines is 1. The number of rotatable bonds is 8. The van der Waals surface area contributed by atoms with E-state index in [0.717, 1.165) is 6.26 Å². The fourth-order valence-electron chi connectivity index (χ4n) is 3.53. The van der Waals surface area contributed by atoms with E-state index in [1.165, 1.54) is 33.8 Å². The zero-order valence-electron chi connectivity index (χ0n) is 18.9. The molecule has 1 aromatic carbocycles. The monoisotopic (exact) mass is 573 g/mol. The number of fused-ring (bicyclic) bond motifs is 2. The van der Waals surface area contributed by atoms with Crippen molar-refractivity contribution in [1.29, 1.82) is 0 Å². The van der Waals surface area contributed by atoms with Crippen molar-refractivity contribution in [3.8, 4) is 0 Å². The molecule has 11 nitrogen and oxygen atoms in total. The van der Waals surface area contributed by atoms with Crippen LogP contribution in [0.3, 0.4) is 0 Å². The second-order valence-electron chi connectivity index (χ2n) is 7.83. The predicted octanol–water partition coefficient (Wildman–Crippen LogP) is 2.79. The van der Waals surface area contributed by atoms with Crippen molar-refractivity contribution in [1.82, 2.24) is 4.72 Å². The number of allylic oxidation sites excluding steroid dienone is 2. The van der Waals surface area contributed by atoms with E-state index in [4.69, 9.17) is 20.4 Å². The van der Waals surface area contributed by atoms with Crippen LogP contribution in [0.15, 0.2) is 61.1 Å². The maximum atomic E-state index is 12.4. The fourth-order valence-corrected chi connectivity index (χ4v) is 5.92. The molecule has 1 amide bonds. The van der Waals surface area contributed by atoms with Crippen molar-refractivity contribution in [3.05, 3.63) is 58.3 Å². The Bertz CT molecular complexity index is 1620. The molecule has 0 radical (unpaired) electrons. The predicted molar refractivity (Wildman–Crippen MR) is 132 cm³/mol. The quantitative estimate of drug-likeness (QED) is 0.314. The highest BCUT2D eigenvalue weighted by molar-refractivity contribution is 8.03. The zero-order valence-corrected chi connectivity index (χ0v) is 22.1. The third kappa shape index (κ3) is 6.13. The van der Waals surface area contributed by atoms with Gasteiger partial charge in [0.25, 0.3) is 11.4 Å². The van der Waals surface area contributed by atoms with E-state index in [-0.39, 0.29) is 12.4 Å². The van der Waals surface area contributed by atoms with E-state index in [1.807, 2.05) is 11.6 Å². The first kappa shape index (κ1) is 26.3. The van der Waals surface area contributed by atoms with Gasteiger partial charge in [0.2, 0.25) is 22.2 Å². The lowest BCUT2D eigenvalue weighted by Crippen LogP contribution is -2.45. The number of nitrogens with zero attached hydrogens (tertiary/aromatic N) is 2. The van der Waals surface area contributed by atoms with Crippen LogP contribution in [0.4, 0.5) is 5.69 Å². The van der Waals surface area contributed by atoms with Crippen LogP contribution in [-0.4, -0.2) is 39.4 Å². The van der Waals surface area contributed by atoms with Crippen LogP contribution in [0.1, 0.15) is 19.2 Å². The number of halogens is 1. The van der Waals surface area contributed by atoms with Gasteiger partial charge in [0, 0.05) is 11.1 Å². The van der Waals surface area contributed by atoms with Crippen molar-refractivity contribution in [2.24, 2.45) is 0 Å².